The Hall–Kier alpha value is -0.400. The summed E-state index contributed by atoms with van der Waals surface area (Å²) in [7, 11) is -3.38. The van der Waals surface area contributed by atoms with Crippen molar-refractivity contribution < 1.29 is 8.42 Å². The number of nitrogens with zero attached hydrogens (tertiary/aromatic N) is 1. The minimum Gasteiger partial charge on any atom is -0.330 e. The summed E-state index contributed by atoms with van der Waals surface area (Å²) in [5, 5.41) is 0.356. The quantitative estimate of drug-likeness (QED) is 0.793. The van der Waals surface area contributed by atoms with Gasteiger partial charge in [0.05, 0.1) is 5.75 Å². The fourth-order valence-electron chi connectivity index (χ4n) is 2.63. The van der Waals surface area contributed by atoms with Gasteiger partial charge in [-0.3, -0.25) is 0 Å². The zero-order valence-electron chi connectivity index (χ0n) is 11.7. The fraction of sp³-hybridized carbons (Fsp3) is 0.615. The molecule has 0 aromatic carbocycles. The van der Waals surface area contributed by atoms with Crippen LogP contribution in [0.25, 0.3) is 0 Å². The van der Waals surface area contributed by atoms with E-state index in [2.05, 4.69) is 9.71 Å². The van der Waals surface area contributed by atoms with Gasteiger partial charge in [-0.25, -0.2) is 18.1 Å². The summed E-state index contributed by atoms with van der Waals surface area (Å²) in [5.74, 6) is 0.159. The summed E-state index contributed by atoms with van der Waals surface area (Å²) in [6, 6.07) is 3.23. The van der Waals surface area contributed by atoms with Crippen molar-refractivity contribution in [3.63, 3.8) is 0 Å². The molecule has 0 bridgehead atoms. The normalized spacial score (nSPS) is 22.6. The third-order valence-electron chi connectivity index (χ3n) is 3.69. The van der Waals surface area contributed by atoms with Gasteiger partial charge in [0.1, 0.15) is 5.15 Å². The standard InChI is InChI=1S/C13H20ClN3O2S.ClH/c14-13-6-5-10(8-16-13)9-20(18,19)17-12-4-2-1-3-11(12)7-15;/h5-6,8,11-12,17H,1-4,7,9,15H2;1H. The molecule has 2 unspecified atom stereocenters. The second kappa shape index (κ2) is 8.29. The number of aromatic nitrogens is 1. The molecule has 3 N–H and O–H groups in total. The molecule has 21 heavy (non-hydrogen) atoms. The molecule has 0 spiro atoms. The third-order valence-corrected chi connectivity index (χ3v) is 5.29. The van der Waals surface area contributed by atoms with Crippen molar-refractivity contribution >= 4 is 34.0 Å². The van der Waals surface area contributed by atoms with Gasteiger partial charge in [-0.15, -0.1) is 12.4 Å². The summed E-state index contributed by atoms with van der Waals surface area (Å²) in [6.07, 6.45) is 5.52. The van der Waals surface area contributed by atoms with E-state index in [4.69, 9.17) is 17.3 Å². The van der Waals surface area contributed by atoms with Crippen molar-refractivity contribution in [1.82, 2.24) is 9.71 Å². The highest BCUT2D eigenvalue weighted by molar-refractivity contribution is 7.88. The van der Waals surface area contributed by atoms with Crippen LogP contribution in [0.3, 0.4) is 0 Å². The number of nitrogens with two attached hydrogens (primary N) is 1. The van der Waals surface area contributed by atoms with Crippen LogP contribution in [-0.4, -0.2) is 26.0 Å². The molecule has 120 valence electrons. The van der Waals surface area contributed by atoms with Gasteiger partial charge in [0, 0.05) is 12.2 Å². The summed E-state index contributed by atoms with van der Waals surface area (Å²) in [6.45, 7) is 0.523. The maximum atomic E-state index is 12.2. The third kappa shape index (κ3) is 5.71. The molecule has 1 aromatic rings. The van der Waals surface area contributed by atoms with Crippen LogP contribution in [0.2, 0.25) is 5.15 Å². The lowest BCUT2D eigenvalue weighted by molar-refractivity contribution is 0.296. The lowest BCUT2D eigenvalue weighted by Gasteiger charge is -2.31. The zero-order valence-corrected chi connectivity index (χ0v) is 14.1. The Morgan fingerprint density at radius 3 is 2.67 bits per heavy atom. The Morgan fingerprint density at radius 1 is 1.33 bits per heavy atom. The maximum absolute atomic E-state index is 12.2. The number of hydrogen-bond donors (Lipinski definition) is 2. The molecular formula is C13H21Cl2N3O2S. The first-order valence-electron chi connectivity index (χ1n) is 6.80. The van der Waals surface area contributed by atoms with Crippen LogP contribution in [0.4, 0.5) is 0 Å². The molecule has 1 fully saturated rings. The van der Waals surface area contributed by atoms with Gasteiger partial charge in [0.25, 0.3) is 0 Å². The molecule has 0 amide bonds. The fourth-order valence-corrected chi connectivity index (χ4v) is 4.20. The van der Waals surface area contributed by atoms with E-state index in [0.29, 0.717) is 17.3 Å². The second-order valence-corrected chi connectivity index (χ2v) is 7.39. The Balaban J connectivity index is 0.00000220. The topological polar surface area (TPSA) is 85.1 Å². The SMILES string of the molecule is Cl.NCC1CCCCC1NS(=O)(=O)Cc1ccc(Cl)nc1. The van der Waals surface area contributed by atoms with Gasteiger partial charge in [-0.05, 0) is 36.9 Å². The Bertz CT molecular complexity index is 537. The van der Waals surface area contributed by atoms with Gasteiger partial charge < -0.3 is 5.73 Å². The van der Waals surface area contributed by atoms with Crippen LogP contribution in [0.1, 0.15) is 31.2 Å². The molecule has 1 saturated carbocycles. The lowest BCUT2D eigenvalue weighted by Crippen LogP contribution is -2.45. The first-order valence-corrected chi connectivity index (χ1v) is 8.84. The number of sulfonamides is 1. The monoisotopic (exact) mass is 353 g/mol. The van der Waals surface area contributed by atoms with E-state index in [0.717, 1.165) is 25.7 Å². The van der Waals surface area contributed by atoms with Crippen LogP contribution < -0.4 is 10.5 Å². The van der Waals surface area contributed by atoms with E-state index >= 15 is 0 Å². The lowest BCUT2D eigenvalue weighted by atomic mass is 9.85. The molecular weight excluding hydrogens is 333 g/mol. The molecule has 2 atom stereocenters. The summed E-state index contributed by atoms with van der Waals surface area (Å²) >= 11 is 5.69. The predicted octanol–water partition coefficient (Wildman–Crippen LogP) is 2.09. The van der Waals surface area contributed by atoms with Crippen LogP contribution in [0, 0.1) is 5.92 Å². The number of hydrogen-bond acceptors (Lipinski definition) is 4. The molecule has 8 heteroatoms. The van der Waals surface area contributed by atoms with Gasteiger partial charge in [-0.1, -0.05) is 30.5 Å². The van der Waals surface area contributed by atoms with Crippen LogP contribution in [-0.2, 0) is 15.8 Å². The minimum atomic E-state index is -3.38. The predicted molar refractivity (Wildman–Crippen MR) is 87.1 cm³/mol. The molecule has 5 nitrogen and oxygen atoms in total. The highest BCUT2D eigenvalue weighted by atomic mass is 35.5. The van der Waals surface area contributed by atoms with Crippen molar-refractivity contribution in [2.45, 2.75) is 37.5 Å². The summed E-state index contributed by atoms with van der Waals surface area (Å²) in [5.41, 5.74) is 6.35. The van der Waals surface area contributed by atoms with Crippen molar-refractivity contribution in [1.29, 1.82) is 0 Å². The number of rotatable bonds is 5. The summed E-state index contributed by atoms with van der Waals surface area (Å²) < 4.78 is 27.2. The van der Waals surface area contributed by atoms with E-state index < -0.39 is 10.0 Å². The van der Waals surface area contributed by atoms with Crippen molar-refractivity contribution in [2.24, 2.45) is 11.7 Å². The van der Waals surface area contributed by atoms with Gasteiger partial charge >= 0.3 is 0 Å². The minimum absolute atomic E-state index is 0. The van der Waals surface area contributed by atoms with Crippen molar-refractivity contribution in [3.05, 3.63) is 29.0 Å². The molecule has 0 radical (unpaired) electrons. The Labute approximate surface area is 137 Å². The molecule has 1 aliphatic rings. The number of pyridine rings is 1. The van der Waals surface area contributed by atoms with E-state index in [9.17, 15) is 8.42 Å². The summed E-state index contributed by atoms with van der Waals surface area (Å²) in [4.78, 5) is 3.89. The Kier molecular flexibility index (Phi) is 7.36. The molecule has 1 aliphatic carbocycles. The molecule has 0 aliphatic heterocycles. The number of nitrogens with one attached hydrogen (secondary N) is 1. The van der Waals surface area contributed by atoms with E-state index in [1.54, 1.807) is 12.1 Å². The van der Waals surface area contributed by atoms with Gasteiger partial charge in [-0.2, -0.15) is 0 Å². The van der Waals surface area contributed by atoms with E-state index in [1.807, 2.05) is 0 Å². The van der Waals surface area contributed by atoms with E-state index in [-0.39, 0.29) is 30.1 Å². The smallest absolute Gasteiger partial charge is 0.216 e. The van der Waals surface area contributed by atoms with Crippen LogP contribution in [0.5, 0.6) is 0 Å². The average molecular weight is 354 g/mol. The highest BCUT2D eigenvalue weighted by Gasteiger charge is 2.27. The first kappa shape index (κ1) is 18.6. The number of halogens is 2. The highest BCUT2D eigenvalue weighted by Crippen LogP contribution is 2.24. The van der Waals surface area contributed by atoms with Crippen molar-refractivity contribution in [2.75, 3.05) is 6.54 Å². The van der Waals surface area contributed by atoms with Gasteiger partial charge in [0.2, 0.25) is 10.0 Å². The van der Waals surface area contributed by atoms with E-state index in [1.165, 1.54) is 6.20 Å². The second-order valence-electron chi connectivity index (χ2n) is 5.25. The average Bonchev–Trinajstić information content (AvgIpc) is 2.41. The van der Waals surface area contributed by atoms with Crippen LogP contribution >= 0.6 is 24.0 Å². The van der Waals surface area contributed by atoms with Crippen molar-refractivity contribution in [3.8, 4) is 0 Å². The molecule has 1 heterocycles. The maximum Gasteiger partial charge on any atom is 0.216 e. The first-order chi connectivity index (χ1) is 9.50. The van der Waals surface area contributed by atoms with Gasteiger partial charge in [0.15, 0.2) is 0 Å². The molecule has 1 aromatic heterocycles. The molecule has 2 rings (SSSR count). The largest absolute Gasteiger partial charge is 0.330 e. The Morgan fingerprint density at radius 2 is 2.05 bits per heavy atom. The van der Waals surface area contributed by atoms with Crippen LogP contribution in [0.15, 0.2) is 18.3 Å². The molecule has 0 saturated heterocycles. The zero-order chi connectivity index (χ0) is 14.6.